The third-order valence-corrected chi connectivity index (χ3v) is 15.0. The molecule has 4 aliphatic rings. The molecular weight excluding hydrogens is 1280 g/mol. The van der Waals surface area contributed by atoms with Crippen LogP contribution in [0.2, 0.25) is 10.0 Å². The highest BCUT2D eigenvalue weighted by molar-refractivity contribution is 6.31. The molecule has 2 aromatic carbocycles. The number of benzene rings is 2. The number of carbonyl (C=O) groups excluding carboxylic acids is 4. The molecular formula is C54H50Cl2F8N20O8. The fraction of sp³-hybridized carbons (Fsp3) is 0.370. The van der Waals surface area contributed by atoms with E-state index in [0.29, 0.717) is 32.3 Å². The number of nitrogens with one attached hydrogen (secondary N) is 4. The number of aliphatic hydroxyl groups is 2. The van der Waals surface area contributed by atoms with Gasteiger partial charge >= 0.3 is 23.7 Å². The van der Waals surface area contributed by atoms with Crippen LogP contribution in [0.15, 0.2) is 94.8 Å². The summed E-state index contributed by atoms with van der Waals surface area (Å²) in [5.41, 5.74) is -1.39. The number of aromatic nitrogens is 14. The van der Waals surface area contributed by atoms with Crippen molar-refractivity contribution in [1.29, 1.82) is 0 Å². The zero-order valence-electron chi connectivity index (χ0n) is 47.3. The number of pyridine rings is 2. The molecule has 2 aliphatic heterocycles. The highest BCUT2D eigenvalue weighted by Gasteiger charge is 2.43. The number of aliphatic hydroxyl groups excluding tert-OH is 2. The van der Waals surface area contributed by atoms with Crippen molar-refractivity contribution in [2.75, 3.05) is 49.1 Å². The van der Waals surface area contributed by atoms with E-state index in [9.17, 15) is 74.1 Å². The maximum absolute atomic E-state index is 13.5. The molecule has 92 heavy (non-hydrogen) atoms. The lowest BCUT2D eigenvalue weighted by atomic mass is 10.2. The quantitative estimate of drug-likeness (QED) is 0.0671. The number of hydrogen-bond acceptors (Lipinski definition) is 18. The molecule has 6 atom stereocenters. The molecule has 6 aromatic heterocycles. The zero-order valence-corrected chi connectivity index (χ0v) is 48.8. The molecule has 484 valence electrons. The summed E-state index contributed by atoms with van der Waals surface area (Å²) < 4.78 is 112. The van der Waals surface area contributed by atoms with E-state index in [1.54, 1.807) is 9.80 Å². The van der Waals surface area contributed by atoms with E-state index >= 15 is 0 Å². The molecule has 8 heterocycles. The number of nitrogens with zero attached hydrogens (tertiary/aromatic N) is 16. The summed E-state index contributed by atoms with van der Waals surface area (Å²) in [6, 6.07) is 16.5. The van der Waals surface area contributed by atoms with Crippen LogP contribution in [-0.2, 0) is 35.8 Å². The molecule has 28 nitrogen and oxygen atoms in total. The van der Waals surface area contributed by atoms with Gasteiger partial charge in [0.15, 0.2) is 46.9 Å². The molecule has 2 saturated carbocycles. The van der Waals surface area contributed by atoms with E-state index in [0.717, 1.165) is 9.36 Å². The molecule has 4 amide bonds. The van der Waals surface area contributed by atoms with Crippen LogP contribution >= 0.6 is 23.2 Å². The van der Waals surface area contributed by atoms with Gasteiger partial charge in [0.05, 0.1) is 49.6 Å². The summed E-state index contributed by atoms with van der Waals surface area (Å²) >= 11 is 11.9. The first-order valence-corrected chi connectivity index (χ1v) is 28.7. The number of alkyl halides is 8. The monoisotopic (exact) mass is 1330 g/mol. The molecule has 38 heteroatoms. The predicted octanol–water partition coefficient (Wildman–Crippen LogP) is 2.18. The first-order chi connectivity index (χ1) is 43.8. The summed E-state index contributed by atoms with van der Waals surface area (Å²) in [4.78, 5) is 97.9. The van der Waals surface area contributed by atoms with Crippen molar-refractivity contribution >= 4 is 58.7 Å². The van der Waals surface area contributed by atoms with Gasteiger partial charge in [-0.15, -0.1) is 20.4 Å². The Kier molecular flexibility index (Phi) is 18.0. The van der Waals surface area contributed by atoms with E-state index in [4.69, 9.17) is 23.2 Å². The van der Waals surface area contributed by atoms with E-state index in [-0.39, 0.29) is 120 Å². The lowest BCUT2D eigenvalue weighted by Crippen LogP contribution is -2.48. The van der Waals surface area contributed by atoms with Crippen molar-refractivity contribution in [1.82, 2.24) is 89.5 Å². The molecule has 2 saturated heterocycles. The zero-order chi connectivity index (χ0) is 65.5. The van der Waals surface area contributed by atoms with Crippen LogP contribution in [0.4, 0.5) is 47.0 Å². The number of halogens is 10. The fourth-order valence-electron chi connectivity index (χ4n) is 9.62. The van der Waals surface area contributed by atoms with Crippen molar-refractivity contribution < 1.29 is 64.5 Å². The summed E-state index contributed by atoms with van der Waals surface area (Å²) in [6.07, 6.45) is -15.0. The number of amides is 4. The Labute approximate surface area is 521 Å². The largest absolute Gasteiger partial charge is 0.416 e. The Morgan fingerprint density at radius 1 is 0.587 bits per heavy atom. The first-order valence-electron chi connectivity index (χ1n) is 27.9. The van der Waals surface area contributed by atoms with Gasteiger partial charge in [-0.3, -0.25) is 28.3 Å². The number of hydrogen-bond donors (Lipinski definition) is 6. The van der Waals surface area contributed by atoms with E-state index in [1.807, 2.05) is 0 Å². The van der Waals surface area contributed by atoms with Crippen molar-refractivity contribution in [3.63, 3.8) is 0 Å². The van der Waals surface area contributed by atoms with Crippen molar-refractivity contribution in [2.24, 2.45) is 0 Å². The van der Waals surface area contributed by atoms with Gasteiger partial charge in [0.1, 0.15) is 25.4 Å². The average Bonchev–Trinajstić information content (AvgIpc) is 1.88. The summed E-state index contributed by atoms with van der Waals surface area (Å²) in [6.45, 7) is -2.22. The Morgan fingerprint density at radius 2 is 0.957 bits per heavy atom. The van der Waals surface area contributed by atoms with Gasteiger partial charge in [-0.1, -0.05) is 23.2 Å². The predicted molar refractivity (Wildman–Crippen MR) is 306 cm³/mol. The highest BCUT2D eigenvalue weighted by Crippen LogP contribution is 2.31. The van der Waals surface area contributed by atoms with Crippen LogP contribution in [0.5, 0.6) is 0 Å². The second-order valence-corrected chi connectivity index (χ2v) is 22.2. The van der Waals surface area contributed by atoms with Crippen LogP contribution in [0, 0.1) is 0 Å². The van der Waals surface area contributed by atoms with Gasteiger partial charge in [0.25, 0.3) is 11.8 Å². The third-order valence-electron chi connectivity index (χ3n) is 14.5. The molecule has 8 aromatic rings. The Morgan fingerprint density at radius 3 is 1.29 bits per heavy atom. The van der Waals surface area contributed by atoms with Crippen molar-refractivity contribution in [3.05, 3.63) is 139 Å². The Balaban J connectivity index is 0.000000188. The summed E-state index contributed by atoms with van der Waals surface area (Å²) in [5.74, 6) is -2.15. The van der Waals surface area contributed by atoms with Gasteiger partial charge < -0.3 is 41.3 Å². The average molecular weight is 1330 g/mol. The molecule has 4 fully saturated rings. The van der Waals surface area contributed by atoms with Crippen LogP contribution in [-0.4, -0.2) is 190 Å². The normalized spacial score (nSPS) is 18.7. The molecule has 12 rings (SSSR count). The minimum atomic E-state index is -5.01. The lowest BCUT2D eigenvalue weighted by Gasteiger charge is -2.27. The highest BCUT2D eigenvalue weighted by atomic mass is 35.5. The minimum absolute atomic E-state index is 0.0482. The van der Waals surface area contributed by atoms with Crippen LogP contribution < -0.4 is 42.4 Å². The maximum Gasteiger partial charge on any atom is 0.416 e. The molecule has 2 aliphatic carbocycles. The third kappa shape index (κ3) is 14.2. The standard InChI is InChI=1S/2C27H25ClF4N10O4/c2*28-15-5-3-14(4-6-15)23-38-41(26(46)40(23)11-19(43)27(30,31)32)12-20-36-25(39-9-8-33-21(44)13-39)42(37-20)18-2-1-7-34-22(18)24(45)35-17-10-16(17)29/h2*1-7,16-17,19,43H,8-13H2,(H,33,44)(H,35,45)/t16-,17+,19+;16-,17+,19-/m10/s1. The Bertz CT molecular complexity index is 3950. The van der Waals surface area contributed by atoms with Crippen molar-refractivity contribution in [3.8, 4) is 34.2 Å². The van der Waals surface area contributed by atoms with E-state index < -0.39 is 98.4 Å². The number of anilines is 2. The molecule has 0 bridgehead atoms. The molecule has 6 N–H and O–H groups in total. The van der Waals surface area contributed by atoms with Gasteiger partial charge in [-0.05, 0) is 72.8 Å². The van der Waals surface area contributed by atoms with Gasteiger partial charge in [-0.25, -0.2) is 37.7 Å². The fourth-order valence-corrected chi connectivity index (χ4v) is 9.88. The van der Waals surface area contributed by atoms with Crippen LogP contribution in [0.1, 0.15) is 45.5 Å². The lowest BCUT2D eigenvalue weighted by molar-refractivity contribution is -0.207. The summed E-state index contributed by atoms with van der Waals surface area (Å²) in [7, 11) is 0. The minimum Gasteiger partial charge on any atom is -0.382 e. The van der Waals surface area contributed by atoms with Crippen LogP contribution in [0.3, 0.4) is 0 Å². The van der Waals surface area contributed by atoms with E-state index in [2.05, 4.69) is 61.6 Å². The number of carbonyl (C=O) groups is 4. The topological polar surface area (TPSA) is 330 Å². The van der Waals surface area contributed by atoms with Crippen LogP contribution in [0.25, 0.3) is 34.2 Å². The maximum atomic E-state index is 13.5. The van der Waals surface area contributed by atoms with Gasteiger partial charge in [-0.2, -0.15) is 45.7 Å². The second kappa shape index (κ2) is 25.9. The summed E-state index contributed by atoms with van der Waals surface area (Å²) in [5, 5.41) is 48.2. The van der Waals surface area contributed by atoms with E-state index in [1.165, 1.54) is 94.6 Å². The smallest absolute Gasteiger partial charge is 0.382 e. The molecule has 0 unspecified atom stereocenters. The first kappa shape index (κ1) is 63.9. The van der Waals surface area contributed by atoms with Crippen molar-refractivity contribution in [2.45, 2.75) is 88.0 Å². The van der Waals surface area contributed by atoms with Gasteiger partial charge in [0.2, 0.25) is 23.7 Å². The molecule has 0 spiro atoms. The van der Waals surface area contributed by atoms with Gasteiger partial charge in [0, 0.05) is 72.6 Å². The Hall–Kier alpha value is -9.68. The second-order valence-electron chi connectivity index (χ2n) is 21.3. The number of rotatable bonds is 18. The molecule has 0 radical (unpaired) electrons. The SMILES string of the molecule is O=C1CN(c2nc(Cn3nc(-c4ccc(Cl)cc4)n(C[C@H](O)C(F)(F)F)c3=O)nn2-c2cccnc2C(=O)N[C@@H]2C[C@@H]2F)CCN1.O=C1CN(c2nc(Cn3nc(-c4ccc(Cl)cc4)n(C[C@H](O)C(F)(F)F)c3=O)nn2-c2cccnc2C(=O)N[C@H]2C[C@H]2F)CCN1. The number of piperazine rings is 2.